The summed E-state index contributed by atoms with van der Waals surface area (Å²) in [5.74, 6) is -0.284. The summed E-state index contributed by atoms with van der Waals surface area (Å²) in [4.78, 5) is 22.1. The van der Waals surface area contributed by atoms with Crippen molar-refractivity contribution in [1.82, 2.24) is 4.57 Å². The Morgan fingerprint density at radius 3 is 2.87 bits per heavy atom. The number of rotatable bonds is 2. The normalized spacial score (nSPS) is 10.8. The molecule has 0 unspecified atom stereocenters. The van der Waals surface area contributed by atoms with Crippen LogP contribution in [0.4, 0.5) is 0 Å². The number of aryl methyl sites for hydroxylation is 1. The van der Waals surface area contributed by atoms with Gasteiger partial charge in [-0.3, -0.25) is 9.36 Å². The minimum absolute atomic E-state index is 0.0999. The van der Waals surface area contributed by atoms with Crippen molar-refractivity contribution < 1.29 is 9.21 Å². The van der Waals surface area contributed by atoms with Gasteiger partial charge < -0.3 is 4.42 Å². The van der Waals surface area contributed by atoms with Crippen molar-refractivity contribution in [2.24, 2.45) is 7.05 Å². The van der Waals surface area contributed by atoms with E-state index >= 15 is 0 Å². The van der Waals surface area contributed by atoms with E-state index in [1.807, 2.05) is 6.07 Å². The van der Waals surface area contributed by atoms with Gasteiger partial charge in [-0.2, -0.15) is 0 Å². The summed E-state index contributed by atoms with van der Waals surface area (Å²) in [6.45, 7) is 1.54. The lowest BCUT2D eigenvalue weighted by atomic mass is 10.1. The zero-order chi connectivity index (χ0) is 11.0. The molecule has 1 aromatic carbocycles. The minimum atomic E-state index is -0.384. The van der Waals surface area contributed by atoms with E-state index in [4.69, 9.17) is 4.42 Å². The number of oxazole rings is 1. The number of fused-ring (bicyclic) bond motifs is 1. The molecule has 2 rings (SSSR count). The third-order valence-electron chi connectivity index (χ3n) is 2.31. The van der Waals surface area contributed by atoms with Crippen molar-refractivity contribution >= 4 is 16.9 Å². The maximum Gasteiger partial charge on any atom is 0.419 e. The number of hydrogen-bond donors (Lipinski definition) is 0. The van der Waals surface area contributed by atoms with Crippen molar-refractivity contribution in [3.63, 3.8) is 0 Å². The number of ketones is 1. The maximum absolute atomic E-state index is 11.2. The van der Waals surface area contributed by atoms with Crippen LogP contribution in [-0.2, 0) is 18.3 Å². The molecule has 2 aromatic rings. The van der Waals surface area contributed by atoms with Gasteiger partial charge in [-0.1, -0.05) is 6.07 Å². The third kappa shape index (κ3) is 1.70. The number of Topliss-reactive ketones (excluding diaryl/α,β-unsaturated/α-hetero) is 1. The van der Waals surface area contributed by atoms with Gasteiger partial charge in [0.2, 0.25) is 0 Å². The third-order valence-corrected chi connectivity index (χ3v) is 2.31. The Bertz CT molecular complexity index is 577. The summed E-state index contributed by atoms with van der Waals surface area (Å²) in [5.41, 5.74) is 2.17. The van der Waals surface area contributed by atoms with Gasteiger partial charge in [-0.25, -0.2) is 4.79 Å². The summed E-state index contributed by atoms with van der Waals surface area (Å²) in [6.07, 6.45) is 0.384. The van der Waals surface area contributed by atoms with E-state index in [-0.39, 0.29) is 11.5 Å². The van der Waals surface area contributed by atoms with E-state index in [9.17, 15) is 9.59 Å². The quantitative estimate of drug-likeness (QED) is 0.741. The van der Waals surface area contributed by atoms with Gasteiger partial charge in [-0.05, 0) is 24.6 Å². The number of carbonyl (C=O) groups is 1. The second-order valence-electron chi connectivity index (χ2n) is 3.61. The number of benzene rings is 1. The van der Waals surface area contributed by atoms with Gasteiger partial charge in [-0.15, -0.1) is 0 Å². The van der Waals surface area contributed by atoms with E-state index in [1.54, 1.807) is 26.1 Å². The maximum atomic E-state index is 11.2. The topological polar surface area (TPSA) is 52.2 Å². The average molecular weight is 205 g/mol. The average Bonchev–Trinajstić information content (AvgIpc) is 2.43. The molecule has 0 fully saturated rings. The van der Waals surface area contributed by atoms with Crippen molar-refractivity contribution in [2.75, 3.05) is 0 Å². The van der Waals surface area contributed by atoms with E-state index in [1.165, 1.54) is 4.57 Å². The Morgan fingerprint density at radius 2 is 2.20 bits per heavy atom. The van der Waals surface area contributed by atoms with E-state index in [0.717, 1.165) is 11.1 Å². The number of carbonyl (C=O) groups excluding carboxylic acids is 1. The Kier molecular flexibility index (Phi) is 2.19. The molecule has 0 aliphatic rings. The van der Waals surface area contributed by atoms with Crippen LogP contribution in [0.25, 0.3) is 11.1 Å². The highest BCUT2D eigenvalue weighted by atomic mass is 16.4. The van der Waals surface area contributed by atoms with Crippen LogP contribution in [0.1, 0.15) is 12.5 Å². The zero-order valence-electron chi connectivity index (χ0n) is 8.61. The molecule has 0 N–H and O–H groups in total. The van der Waals surface area contributed by atoms with E-state index in [2.05, 4.69) is 0 Å². The molecule has 78 valence electrons. The van der Waals surface area contributed by atoms with Crippen LogP contribution in [0.3, 0.4) is 0 Å². The molecule has 15 heavy (non-hydrogen) atoms. The number of nitrogens with zero attached hydrogens (tertiary/aromatic N) is 1. The lowest BCUT2D eigenvalue weighted by Gasteiger charge is -1.97. The summed E-state index contributed by atoms with van der Waals surface area (Å²) < 4.78 is 6.41. The highest BCUT2D eigenvalue weighted by Crippen LogP contribution is 2.14. The van der Waals surface area contributed by atoms with Crippen LogP contribution < -0.4 is 5.76 Å². The van der Waals surface area contributed by atoms with Gasteiger partial charge >= 0.3 is 5.76 Å². The molecular weight excluding hydrogens is 194 g/mol. The molecule has 0 bridgehead atoms. The minimum Gasteiger partial charge on any atom is -0.408 e. The zero-order valence-corrected chi connectivity index (χ0v) is 8.61. The smallest absolute Gasteiger partial charge is 0.408 e. The first-order valence-corrected chi connectivity index (χ1v) is 4.66. The lowest BCUT2D eigenvalue weighted by Crippen LogP contribution is -2.08. The Labute approximate surface area is 86.1 Å². The highest BCUT2D eigenvalue weighted by Gasteiger charge is 2.06. The second kappa shape index (κ2) is 3.38. The van der Waals surface area contributed by atoms with Gasteiger partial charge in [0.05, 0.1) is 5.52 Å². The predicted molar refractivity (Wildman–Crippen MR) is 55.8 cm³/mol. The summed E-state index contributed by atoms with van der Waals surface area (Å²) >= 11 is 0. The van der Waals surface area contributed by atoms with E-state index in [0.29, 0.717) is 12.0 Å². The first-order chi connectivity index (χ1) is 7.08. The molecule has 0 saturated heterocycles. The molecular formula is C11H11NO3. The Hall–Kier alpha value is -1.84. The van der Waals surface area contributed by atoms with Crippen molar-refractivity contribution in [3.8, 4) is 0 Å². The Morgan fingerprint density at radius 1 is 1.47 bits per heavy atom. The van der Waals surface area contributed by atoms with Gasteiger partial charge in [0, 0.05) is 13.5 Å². The molecule has 0 saturated carbocycles. The highest BCUT2D eigenvalue weighted by molar-refractivity contribution is 5.80. The molecule has 0 aliphatic carbocycles. The first-order valence-electron chi connectivity index (χ1n) is 4.66. The molecule has 0 radical (unpaired) electrons. The molecule has 1 aromatic heterocycles. The molecule has 0 atom stereocenters. The van der Waals surface area contributed by atoms with Crippen LogP contribution in [0.2, 0.25) is 0 Å². The van der Waals surface area contributed by atoms with Gasteiger partial charge in [0.25, 0.3) is 0 Å². The lowest BCUT2D eigenvalue weighted by molar-refractivity contribution is -0.116. The van der Waals surface area contributed by atoms with Crippen LogP contribution in [0.5, 0.6) is 0 Å². The molecule has 4 nitrogen and oxygen atoms in total. The van der Waals surface area contributed by atoms with Gasteiger partial charge in [0.15, 0.2) is 5.58 Å². The number of hydrogen-bond acceptors (Lipinski definition) is 3. The standard InChI is InChI=1S/C11H11NO3/c1-7(13)5-8-3-4-10-9(6-8)12(2)11(14)15-10/h3-4,6H,5H2,1-2H3. The van der Waals surface area contributed by atoms with Crippen LogP contribution >= 0.6 is 0 Å². The number of aromatic nitrogens is 1. The van der Waals surface area contributed by atoms with Crippen molar-refractivity contribution in [2.45, 2.75) is 13.3 Å². The summed E-state index contributed by atoms with van der Waals surface area (Å²) in [6, 6.07) is 5.32. The molecule has 0 amide bonds. The fraction of sp³-hybridized carbons (Fsp3) is 0.273. The second-order valence-corrected chi connectivity index (χ2v) is 3.61. The van der Waals surface area contributed by atoms with E-state index < -0.39 is 0 Å². The first kappa shape index (κ1) is 9.71. The van der Waals surface area contributed by atoms with Gasteiger partial charge in [0.1, 0.15) is 5.78 Å². The summed E-state index contributed by atoms with van der Waals surface area (Å²) in [5, 5.41) is 0. The SMILES string of the molecule is CC(=O)Cc1ccc2oc(=O)n(C)c2c1. The fourth-order valence-electron chi connectivity index (χ4n) is 1.57. The fourth-order valence-corrected chi connectivity index (χ4v) is 1.57. The van der Waals surface area contributed by atoms with Crippen LogP contribution in [-0.4, -0.2) is 10.4 Å². The monoisotopic (exact) mass is 205 g/mol. The predicted octanol–water partition coefficient (Wildman–Crippen LogP) is 1.26. The molecule has 0 aliphatic heterocycles. The van der Waals surface area contributed by atoms with Crippen molar-refractivity contribution in [1.29, 1.82) is 0 Å². The molecule has 4 heteroatoms. The van der Waals surface area contributed by atoms with Crippen LogP contribution in [0, 0.1) is 0 Å². The summed E-state index contributed by atoms with van der Waals surface area (Å²) in [7, 11) is 1.64. The van der Waals surface area contributed by atoms with Crippen molar-refractivity contribution in [3.05, 3.63) is 34.3 Å². The Balaban J connectivity index is 2.59. The largest absolute Gasteiger partial charge is 0.419 e. The molecule has 0 spiro atoms. The van der Waals surface area contributed by atoms with Crippen LogP contribution in [0.15, 0.2) is 27.4 Å². The molecule has 1 heterocycles.